The van der Waals surface area contributed by atoms with Gasteiger partial charge in [-0.05, 0) is 12.3 Å². The zero-order valence-corrected chi connectivity index (χ0v) is 10.3. The summed E-state index contributed by atoms with van der Waals surface area (Å²) in [4.78, 5) is 11.4. The molecule has 1 atom stereocenters. The molecule has 0 aromatic rings. The zero-order valence-electron chi connectivity index (χ0n) is 10.3. The van der Waals surface area contributed by atoms with Crippen LogP contribution in [0, 0.1) is 17.2 Å². The van der Waals surface area contributed by atoms with Gasteiger partial charge in [0.2, 0.25) is 0 Å². The van der Waals surface area contributed by atoms with Crippen LogP contribution in [0.15, 0.2) is 12.2 Å². The Morgan fingerprint density at radius 2 is 2.19 bits per heavy atom. The Kier molecular flexibility index (Phi) is 8.24. The van der Waals surface area contributed by atoms with E-state index in [0.29, 0.717) is 12.5 Å². The number of ether oxygens (including phenoxy) is 1. The summed E-state index contributed by atoms with van der Waals surface area (Å²) in [5.41, 5.74) is 0.243. The van der Waals surface area contributed by atoms with Crippen LogP contribution in [0.4, 0.5) is 0 Å². The molecule has 0 saturated carbocycles. The van der Waals surface area contributed by atoms with Gasteiger partial charge in [0.05, 0.1) is 19.1 Å². The SMILES string of the molecule is C=C(CC#N)C(=O)OCC(CC)CCCC. The van der Waals surface area contributed by atoms with Crippen molar-refractivity contribution in [3.8, 4) is 6.07 Å². The Morgan fingerprint density at radius 3 is 2.69 bits per heavy atom. The van der Waals surface area contributed by atoms with Gasteiger partial charge in [0, 0.05) is 5.57 Å². The summed E-state index contributed by atoms with van der Waals surface area (Å²) in [6.07, 6.45) is 4.47. The number of carbonyl (C=O) groups is 1. The molecular weight excluding hydrogens is 202 g/mol. The summed E-state index contributed by atoms with van der Waals surface area (Å²) in [7, 11) is 0. The summed E-state index contributed by atoms with van der Waals surface area (Å²) in [5.74, 6) is -0.00437. The van der Waals surface area contributed by atoms with Crippen molar-refractivity contribution in [3.05, 3.63) is 12.2 Å². The minimum absolute atomic E-state index is 0.0462. The van der Waals surface area contributed by atoms with Crippen LogP contribution >= 0.6 is 0 Å². The average molecular weight is 223 g/mol. The molecule has 1 unspecified atom stereocenters. The predicted molar refractivity (Wildman–Crippen MR) is 63.6 cm³/mol. The monoisotopic (exact) mass is 223 g/mol. The summed E-state index contributed by atoms with van der Waals surface area (Å²) < 4.78 is 5.12. The van der Waals surface area contributed by atoms with Gasteiger partial charge in [-0.15, -0.1) is 0 Å². The van der Waals surface area contributed by atoms with Crippen LogP contribution in [0.3, 0.4) is 0 Å². The lowest BCUT2D eigenvalue weighted by atomic mass is 10.0. The Bertz CT molecular complexity index is 266. The summed E-state index contributed by atoms with van der Waals surface area (Å²) >= 11 is 0. The second-order valence-electron chi connectivity index (χ2n) is 3.95. The Hall–Kier alpha value is -1.30. The fraction of sp³-hybridized carbons (Fsp3) is 0.692. The van der Waals surface area contributed by atoms with E-state index in [1.807, 2.05) is 6.07 Å². The highest BCUT2D eigenvalue weighted by Gasteiger charge is 2.12. The third kappa shape index (κ3) is 6.23. The normalized spacial score (nSPS) is 11.6. The first-order valence-corrected chi connectivity index (χ1v) is 5.87. The van der Waals surface area contributed by atoms with Gasteiger partial charge < -0.3 is 4.74 Å². The maximum atomic E-state index is 11.4. The molecule has 0 bridgehead atoms. The van der Waals surface area contributed by atoms with E-state index >= 15 is 0 Å². The quantitative estimate of drug-likeness (QED) is 0.469. The van der Waals surface area contributed by atoms with Crippen molar-refractivity contribution in [2.45, 2.75) is 46.0 Å². The second-order valence-corrected chi connectivity index (χ2v) is 3.95. The third-order valence-electron chi connectivity index (χ3n) is 2.57. The molecule has 0 radical (unpaired) electrons. The van der Waals surface area contributed by atoms with Gasteiger partial charge in [-0.2, -0.15) is 5.26 Å². The molecule has 0 N–H and O–H groups in total. The lowest BCUT2D eigenvalue weighted by Crippen LogP contribution is -2.14. The minimum Gasteiger partial charge on any atom is -0.462 e. The highest BCUT2D eigenvalue weighted by atomic mass is 16.5. The van der Waals surface area contributed by atoms with E-state index in [2.05, 4.69) is 20.4 Å². The molecule has 0 aromatic heterocycles. The van der Waals surface area contributed by atoms with Gasteiger partial charge in [0.25, 0.3) is 0 Å². The number of carbonyl (C=O) groups excluding carboxylic acids is 1. The van der Waals surface area contributed by atoms with Crippen LogP contribution in [-0.2, 0) is 9.53 Å². The number of esters is 1. The van der Waals surface area contributed by atoms with Crippen molar-refractivity contribution in [2.75, 3.05) is 6.61 Å². The number of nitriles is 1. The van der Waals surface area contributed by atoms with Crippen LogP contribution in [-0.4, -0.2) is 12.6 Å². The number of nitrogens with zero attached hydrogens (tertiary/aromatic N) is 1. The number of rotatable bonds is 8. The van der Waals surface area contributed by atoms with Gasteiger partial charge in [-0.3, -0.25) is 0 Å². The first-order chi connectivity index (χ1) is 7.65. The van der Waals surface area contributed by atoms with Gasteiger partial charge in [-0.25, -0.2) is 4.79 Å². The van der Waals surface area contributed by atoms with Crippen LogP contribution in [0.2, 0.25) is 0 Å². The van der Waals surface area contributed by atoms with Crippen molar-refractivity contribution in [1.29, 1.82) is 5.26 Å². The van der Waals surface area contributed by atoms with Gasteiger partial charge in [0.15, 0.2) is 0 Å². The van der Waals surface area contributed by atoms with Crippen molar-refractivity contribution in [1.82, 2.24) is 0 Å². The van der Waals surface area contributed by atoms with E-state index in [0.717, 1.165) is 25.7 Å². The standard InChI is InChI=1S/C13H21NO2/c1-4-6-7-12(5-2)10-16-13(15)11(3)8-9-14/h12H,3-8,10H2,1-2H3. The highest BCUT2D eigenvalue weighted by molar-refractivity contribution is 5.88. The summed E-state index contributed by atoms with van der Waals surface area (Å²) in [6, 6.07) is 1.88. The minimum atomic E-state index is -0.434. The molecule has 0 spiro atoms. The Morgan fingerprint density at radius 1 is 1.50 bits per heavy atom. The molecular formula is C13H21NO2. The molecule has 0 amide bonds. The van der Waals surface area contributed by atoms with E-state index in [9.17, 15) is 4.79 Å². The van der Waals surface area contributed by atoms with E-state index in [1.165, 1.54) is 0 Å². The van der Waals surface area contributed by atoms with Crippen molar-refractivity contribution in [3.63, 3.8) is 0 Å². The molecule has 0 fully saturated rings. The fourth-order valence-electron chi connectivity index (χ4n) is 1.36. The molecule has 0 saturated heterocycles. The summed E-state index contributed by atoms with van der Waals surface area (Å²) in [6.45, 7) is 8.20. The number of hydrogen-bond acceptors (Lipinski definition) is 3. The van der Waals surface area contributed by atoms with Crippen molar-refractivity contribution >= 4 is 5.97 Å². The van der Waals surface area contributed by atoms with Crippen molar-refractivity contribution < 1.29 is 9.53 Å². The van der Waals surface area contributed by atoms with E-state index in [4.69, 9.17) is 10.00 Å². The van der Waals surface area contributed by atoms with Crippen LogP contribution in [0.25, 0.3) is 0 Å². The average Bonchev–Trinajstić information content (AvgIpc) is 2.29. The van der Waals surface area contributed by atoms with Crippen LogP contribution < -0.4 is 0 Å². The number of unbranched alkanes of at least 4 members (excludes halogenated alkanes) is 1. The van der Waals surface area contributed by atoms with Gasteiger partial charge in [0.1, 0.15) is 0 Å². The maximum Gasteiger partial charge on any atom is 0.334 e. The number of hydrogen-bond donors (Lipinski definition) is 0. The largest absolute Gasteiger partial charge is 0.462 e. The first-order valence-electron chi connectivity index (χ1n) is 5.87. The molecule has 0 aliphatic heterocycles. The molecule has 0 aromatic carbocycles. The molecule has 16 heavy (non-hydrogen) atoms. The second kappa shape index (κ2) is 8.96. The topological polar surface area (TPSA) is 50.1 Å². The van der Waals surface area contributed by atoms with Gasteiger partial charge in [-0.1, -0.05) is 39.7 Å². The predicted octanol–water partition coefficient (Wildman–Crippen LogP) is 3.22. The molecule has 0 heterocycles. The van der Waals surface area contributed by atoms with Crippen LogP contribution in [0.5, 0.6) is 0 Å². The Balaban J connectivity index is 3.88. The molecule has 90 valence electrons. The summed E-state index contributed by atoms with van der Waals surface area (Å²) in [5, 5.41) is 8.41. The lowest BCUT2D eigenvalue weighted by molar-refractivity contribution is -0.140. The van der Waals surface area contributed by atoms with E-state index in [1.54, 1.807) is 0 Å². The zero-order chi connectivity index (χ0) is 12.4. The molecule has 0 aliphatic carbocycles. The molecule has 0 aliphatic rings. The maximum absolute atomic E-state index is 11.4. The molecule has 0 rings (SSSR count). The first kappa shape index (κ1) is 14.7. The van der Waals surface area contributed by atoms with Gasteiger partial charge >= 0.3 is 5.97 Å². The Labute approximate surface area is 98.1 Å². The van der Waals surface area contributed by atoms with E-state index < -0.39 is 5.97 Å². The smallest absolute Gasteiger partial charge is 0.334 e. The third-order valence-corrected chi connectivity index (χ3v) is 2.57. The van der Waals surface area contributed by atoms with Crippen LogP contribution in [0.1, 0.15) is 46.0 Å². The van der Waals surface area contributed by atoms with E-state index in [-0.39, 0.29) is 12.0 Å². The fourth-order valence-corrected chi connectivity index (χ4v) is 1.36. The highest BCUT2D eigenvalue weighted by Crippen LogP contribution is 2.13. The molecule has 3 nitrogen and oxygen atoms in total. The lowest BCUT2D eigenvalue weighted by Gasteiger charge is -2.14. The van der Waals surface area contributed by atoms with Crippen molar-refractivity contribution in [2.24, 2.45) is 5.92 Å². The molecule has 3 heteroatoms.